The van der Waals surface area contributed by atoms with Crippen LogP contribution in [0.2, 0.25) is 0 Å². The predicted octanol–water partition coefficient (Wildman–Crippen LogP) is 1.64. The van der Waals surface area contributed by atoms with Crippen molar-refractivity contribution in [1.82, 2.24) is 9.78 Å². The lowest BCUT2D eigenvalue weighted by Crippen LogP contribution is -2.19. The van der Waals surface area contributed by atoms with Crippen LogP contribution in [-0.4, -0.2) is 29.0 Å². The highest BCUT2D eigenvalue weighted by atomic mass is 16.5. The summed E-state index contributed by atoms with van der Waals surface area (Å²) in [7, 11) is 0. The zero-order valence-corrected chi connectivity index (χ0v) is 9.94. The van der Waals surface area contributed by atoms with Gasteiger partial charge in [-0.15, -0.1) is 0 Å². The van der Waals surface area contributed by atoms with Crippen molar-refractivity contribution < 1.29 is 4.74 Å². The summed E-state index contributed by atoms with van der Waals surface area (Å²) in [4.78, 5) is 0. The summed E-state index contributed by atoms with van der Waals surface area (Å²) < 4.78 is 7.40. The number of hydrogen-bond donors (Lipinski definition) is 2. The Labute approximate surface area is 96.0 Å². The van der Waals surface area contributed by atoms with Gasteiger partial charge in [-0.3, -0.25) is 4.68 Å². The normalized spacial score (nSPS) is 20.6. The molecule has 0 spiro atoms. The topological polar surface area (TPSA) is 65.1 Å². The molecule has 1 saturated heterocycles. The van der Waals surface area contributed by atoms with Gasteiger partial charge in [0.05, 0.1) is 18.0 Å². The number of anilines is 2. The average molecular weight is 224 g/mol. The van der Waals surface area contributed by atoms with Crippen molar-refractivity contribution in [2.24, 2.45) is 0 Å². The number of hydrogen-bond acceptors (Lipinski definition) is 4. The molecule has 1 atom stereocenters. The molecular weight excluding hydrogens is 204 g/mol. The summed E-state index contributed by atoms with van der Waals surface area (Å²) in [6.45, 7) is 5.83. The van der Waals surface area contributed by atoms with Crippen LogP contribution < -0.4 is 11.1 Å². The zero-order chi connectivity index (χ0) is 11.5. The van der Waals surface area contributed by atoms with Crippen LogP contribution in [0.5, 0.6) is 0 Å². The monoisotopic (exact) mass is 224 g/mol. The first kappa shape index (κ1) is 11.3. The van der Waals surface area contributed by atoms with E-state index in [2.05, 4.69) is 24.3 Å². The maximum absolute atomic E-state index is 5.88. The van der Waals surface area contributed by atoms with Crippen molar-refractivity contribution in [3.63, 3.8) is 0 Å². The maximum Gasteiger partial charge on any atom is 0.171 e. The third kappa shape index (κ3) is 2.47. The molecule has 0 aromatic carbocycles. The Morgan fingerprint density at radius 2 is 2.50 bits per heavy atom. The van der Waals surface area contributed by atoms with Gasteiger partial charge in [0, 0.05) is 19.2 Å². The quantitative estimate of drug-likeness (QED) is 0.816. The Morgan fingerprint density at radius 1 is 1.69 bits per heavy atom. The Hall–Kier alpha value is -1.23. The van der Waals surface area contributed by atoms with Crippen LogP contribution in [0.3, 0.4) is 0 Å². The Bertz CT molecular complexity index is 342. The molecule has 0 radical (unpaired) electrons. The molecule has 16 heavy (non-hydrogen) atoms. The fourth-order valence-electron chi connectivity index (χ4n) is 1.82. The molecule has 2 rings (SSSR count). The third-order valence-corrected chi connectivity index (χ3v) is 2.81. The summed E-state index contributed by atoms with van der Waals surface area (Å²) in [6, 6.07) is 0.334. The fraction of sp³-hybridized carbons (Fsp3) is 0.727. The van der Waals surface area contributed by atoms with E-state index < -0.39 is 0 Å². The molecule has 2 heterocycles. The number of nitrogens with zero attached hydrogens (tertiary/aromatic N) is 2. The van der Waals surface area contributed by atoms with Crippen LogP contribution in [0.25, 0.3) is 0 Å². The van der Waals surface area contributed by atoms with Crippen molar-refractivity contribution in [1.29, 1.82) is 0 Å². The molecule has 1 fully saturated rings. The van der Waals surface area contributed by atoms with Crippen LogP contribution in [-0.2, 0) is 4.74 Å². The van der Waals surface area contributed by atoms with Crippen LogP contribution in [0.15, 0.2) is 6.20 Å². The first-order chi connectivity index (χ1) is 7.66. The summed E-state index contributed by atoms with van der Waals surface area (Å²) in [5.74, 6) is 0.768. The SMILES string of the molecule is CC(C)n1cc(N)c(NC[C@H]2CCCO2)n1. The molecule has 5 heteroatoms. The summed E-state index contributed by atoms with van der Waals surface area (Å²) in [5, 5.41) is 7.64. The van der Waals surface area contributed by atoms with Gasteiger partial charge in [-0.25, -0.2) is 0 Å². The molecule has 1 aromatic rings. The molecule has 5 nitrogen and oxygen atoms in total. The minimum absolute atomic E-state index is 0.309. The lowest BCUT2D eigenvalue weighted by molar-refractivity contribution is 0.120. The van der Waals surface area contributed by atoms with Crippen LogP contribution in [0.1, 0.15) is 32.7 Å². The number of nitrogens with two attached hydrogens (primary N) is 1. The standard InChI is InChI=1S/C11H20N4O/c1-8(2)15-7-10(12)11(14-15)13-6-9-4-3-5-16-9/h7-9H,3-6,12H2,1-2H3,(H,13,14)/t9-/m1/s1. The maximum atomic E-state index is 5.88. The first-order valence-electron chi connectivity index (χ1n) is 5.87. The molecule has 0 unspecified atom stereocenters. The number of nitrogen functional groups attached to an aromatic ring is 1. The van der Waals surface area contributed by atoms with Crippen molar-refractivity contribution in [3.8, 4) is 0 Å². The van der Waals surface area contributed by atoms with Gasteiger partial charge in [0.2, 0.25) is 0 Å². The average Bonchev–Trinajstić information content (AvgIpc) is 2.84. The van der Waals surface area contributed by atoms with Gasteiger partial charge in [0.25, 0.3) is 0 Å². The van der Waals surface area contributed by atoms with E-state index in [4.69, 9.17) is 10.5 Å². The van der Waals surface area contributed by atoms with Crippen molar-refractivity contribution in [2.45, 2.75) is 38.8 Å². The highest BCUT2D eigenvalue weighted by Gasteiger charge is 2.16. The van der Waals surface area contributed by atoms with Gasteiger partial charge >= 0.3 is 0 Å². The van der Waals surface area contributed by atoms with Gasteiger partial charge < -0.3 is 15.8 Å². The first-order valence-corrected chi connectivity index (χ1v) is 5.87. The predicted molar refractivity (Wildman–Crippen MR) is 64.5 cm³/mol. The summed E-state index contributed by atoms with van der Waals surface area (Å²) >= 11 is 0. The summed E-state index contributed by atoms with van der Waals surface area (Å²) in [6.07, 6.45) is 4.45. The largest absolute Gasteiger partial charge is 0.394 e. The number of ether oxygens (including phenoxy) is 1. The second kappa shape index (κ2) is 4.74. The lowest BCUT2D eigenvalue weighted by Gasteiger charge is -2.10. The number of rotatable bonds is 4. The molecule has 1 aliphatic heterocycles. The Morgan fingerprint density at radius 3 is 3.06 bits per heavy atom. The third-order valence-electron chi connectivity index (χ3n) is 2.81. The highest BCUT2D eigenvalue weighted by Crippen LogP contribution is 2.19. The minimum Gasteiger partial charge on any atom is -0.394 e. The van der Waals surface area contributed by atoms with E-state index >= 15 is 0 Å². The molecule has 1 aromatic heterocycles. The Balaban J connectivity index is 1.92. The van der Waals surface area contributed by atoms with Gasteiger partial charge in [0.15, 0.2) is 5.82 Å². The van der Waals surface area contributed by atoms with Crippen LogP contribution in [0, 0.1) is 0 Å². The van der Waals surface area contributed by atoms with Crippen LogP contribution >= 0.6 is 0 Å². The molecule has 90 valence electrons. The van der Waals surface area contributed by atoms with E-state index in [9.17, 15) is 0 Å². The van der Waals surface area contributed by atoms with Gasteiger partial charge in [-0.05, 0) is 26.7 Å². The minimum atomic E-state index is 0.309. The van der Waals surface area contributed by atoms with E-state index in [0.29, 0.717) is 17.8 Å². The van der Waals surface area contributed by atoms with E-state index in [1.54, 1.807) is 0 Å². The Kier molecular flexibility index (Phi) is 3.33. The fourth-order valence-corrected chi connectivity index (χ4v) is 1.82. The molecular formula is C11H20N4O. The summed E-state index contributed by atoms with van der Waals surface area (Å²) in [5.41, 5.74) is 6.58. The van der Waals surface area contributed by atoms with E-state index in [-0.39, 0.29) is 0 Å². The van der Waals surface area contributed by atoms with Gasteiger partial charge in [0.1, 0.15) is 0 Å². The molecule has 0 amide bonds. The second-order valence-electron chi connectivity index (χ2n) is 4.52. The molecule has 3 N–H and O–H groups in total. The molecule has 0 bridgehead atoms. The molecule has 0 saturated carbocycles. The van der Waals surface area contributed by atoms with Crippen molar-refractivity contribution in [3.05, 3.63) is 6.20 Å². The smallest absolute Gasteiger partial charge is 0.171 e. The van der Waals surface area contributed by atoms with Gasteiger partial charge in [-0.2, -0.15) is 5.10 Å². The van der Waals surface area contributed by atoms with Gasteiger partial charge in [-0.1, -0.05) is 0 Å². The second-order valence-corrected chi connectivity index (χ2v) is 4.52. The van der Waals surface area contributed by atoms with E-state index in [1.165, 1.54) is 0 Å². The molecule has 1 aliphatic rings. The highest BCUT2D eigenvalue weighted by molar-refractivity contribution is 5.59. The zero-order valence-electron chi connectivity index (χ0n) is 9.94. The van der Waals surface area contributed by atoms with Crippen molar-refractivity contribution >= 4 is 11.5 Å². The van der Waals surface area contributed by atoms with E-state index in [0.717, 1.165) is 31.8 Å². The van der Waals surface area contributed by atoms with Crippen molar-refractivity contribution in [2.75, 3.05) is 24.2 Å². The molecule has 0 aliphatic carbocycles. The van der Waals surface area contributed by atoms with Crippen LogP contribution in [0.4, 0.5) is 11.5 Å². The number of nitrogens with one attached hydrogen (secondary N) is 1. The number of aromatic nitrogens is 2. The van der Waals surface area contributed by atoms with E-state index in [1.807, 2.05) is 10.9 Å². The lowest BCUT2D eigenvalue weighted by atomic mass is 10.2.